The number of hydrogen-bond acceptors (Lipinski definition) is 8. The van der Waals surface area contributed by atoms with Crippen LogP contribution in [-0.2, 0) is 11.2 Å². The highest BCUT2D eigenvalue weighted by Gasteiger charge is 2.13. The van der Waals surface area contributed by atoms with Gasteiger partial charge < -0.3 is 20.1 Å². The van der Waals surface area contributed by atoms with Gasteiger partial charge in [0.15, 0.2) is 11.5 Å². The first kappa shape index (κ1) is 23.7. The molecule has 170 valence electrons. The number of nitriles is 1. The minimum absolute atomic E-state index is 0.163. The normalized spacial score (nSPS) is 13.9. The van der Waals surface area contributed by atoms with Gasteiger partial charge in [-0.3, -0.25) is 10.2 Å². The summed E-state index contributed by atoms with van der Waals surface area (Å²) in [6, 6.07) is 4.82. The van der Waals surface area contributed by atoms with Crippen molar-refractivity contribution in [2.45, 2.75) is 6.42 Å². The van der Waals surface area contributed by atoms with Gasteiger partial charge in [-0.05, 0) is 30.7 Å². The molecule has 0 aliphatic carbocycles. The van der Waals surface area contributed by atoms with Crippen molar-refractivity contribution in [3.8, 4) is 11.8 Å². The molecule has 0 spiro atoms. The van der Waals surface area contributed by atoms with Crippen molar-refractivity contribution in [3.63, 3.8) is 0 Å². The van der Waals surface area contributed by atoms with Crippen molar-refractivity contribution >= 4 is 29.1 Å². The zero-order chi connectivity index (χ0) is 22.8. The van der Waals surface area contributed by atoms with Gasteiger partial charge in [0.05, 0.1) is 38.4 Å². The van der Waals surface area contributed by atoms with Crippen LogP contribution in [0.4, 0.5) is 16.3 Å². The fourth-order valence-electron chi connectivity index (χ4n) is 3.18. The number of nitrogens with one attached hydrogen (secondary N) is 3. The van der Waals surface area contributed by atoms with Crippen LogP contribution in [0.3, 0.4) is 0 Å². The lowest BCUT2D eigenvalue weighted by Gasteiger charge is -2.26. The summed E-state index contributed by atoms with van der Waals surface area (Å²) in [4.78, 5) is 22.5. The summed E-state index contributed by atoms with van der Waals surface area (Å²) < 4.78 is 10.8. The number of ether oxygens (including phenoxy) is 2. The van der Waals surface area contributed by atoms with Crippen molar-refractivity contribution < 1.29 is 14.3 Å². The zero-order valence-electron chi connectivity index (χ0n) is 17.9. The maximum Gasteiger partial charge on any atom is 0.325 e. The van der Waals surface area contributed by atoms with E-state index in [2.05, 4.69) is 30.8 Å². The van der Waals surface area contributed by atoms with Crippen LogP contribution >= 0.6 is 11.6 Å². The molecule has 0 atom stereocenters. The average Bonchev–Trinajstić information content (AvgIpc) is 2.81. The highest BCUT2D eigenvalue weighted by Crippen LogP contribution is 2.31. The van der Waals surface area contributed by atoms with Crippen molar-refractivity contribution in [2.24, 2.45) is 0 Å². The van der Waals surface area contributed by atoms with E-state index in [0.717, 1.165) is 57.9 Å². The minimum atomic E-state index is -0.532. The molecule has 1 fully saturated rings. The predicted octanol–water partition coefficient (Wildman–Crippen LogP) is 2.12. The molecule has 1 aliphatic heterocycles. The number of aromatic nitrogens is 2. The molecule has 1 saturated heterocycles. The number of morpholine rings is 1. The number of urea groups is 1. The van der Waals surface area contributed by atoms with Gasteiger partial charge in [0.1, 0.15) is 11.8 Å². The van der Waals surface area contributed by atoms with Crippen LogP contribution in [0, 0.1) is 11.3 Å². The molecule has 0 saturated carbocycles. The van der Waals surface area contributed by atoms with E-state index in [1.54, 1.807) is 6.07 Å². The summed E-state index contributed by atoms with van der Waals surface area (Å²) in [6.45, 7) is 6.21. The molecule has 2 amide bonds. The third kappa shape index (κ3) is 7.03. The van der Waals surface area contributed by atoms with Crippen LogP contribution in [-0.4, -0.2) is 73.9 Å². The van der Waals surface area contributed by atoms with E-state index in [9.17, 15) is 4.79 Å². The molecule has 0 unspecified atom stereocenters. The Hall–Kier alpha value is -2.97. The first-order valence-corrected chi connectivity index (χ1v) is 10.6. The van der Waals surface area contributed by atoms with E-state index in [-0.39, 0.29) is 11.5 Å². The Morgan fingerprint density at radius 2 is 2.06 bits per heavy atom. The second kappa shape index (κ2) is 12.2. The Morgan fingerprint density at radius 3 is 2.75 bits per heavy atom. The van der Waals surface area contributed by atoms with Crippen LogP contribution in [0.15, 0.2) is 24.5 Å². The topological polar surface area (TPSA) is 124 Å². The lowest BCUT2D eigenvalue weighted by atomic mass is 10.1. The van der Waals surface area contributed by atoms with Crippen molar-refractivity contribution in [3.05, 3.63) is 40.8 Å². The number of nitrogens with zero attached hydrogens (tertiary/aromatic N) is 4. The second-order valence-electron chi connectivity index (χ2n) is 7.08. The number of halogens is 1. The molecule has 2 aromatic rings. The number of amides is 2. The molecule has 3 N–H and O–H groups in total. The molecule has 1 aromatic heterocycles. The number of benzene rings is 1. The molecular weight excluding hydrogens is 434 g/mol. The predicted molar refractivity (Wildman–Crippen MR) is 121 cm³/mol. The molecule has 11 heteroatoms. The summed E-state index contributed by atoms with van der Waals surface area (Å²) >= 11 is 6.44. The summed E-state index contributed by atoms with van der Waals surface area (Å²) in [5.74, 6) is 0.713. The highest BCUT2D eigenvalue weighted by molar-refractivity contribution is 6.31. The fourth-order valence-corrected chi connectivity index (χ4v) is 3.44. The van der Waals surface area contributed by atoms with Crippen LogP contribution in [0.5, 0.6) is 5.75 Å². The number of anilines is 2. The van der Waals surface area contributed by atoms with Crippen LogP contribution < -0.4 is 20.7 Å². The average molecular weight is 460 g/mol. The zero-order valence-corrected chi connectivity index (χ0v) is 18.6. The third-order valence-corrected chi connectivity index (χ3v) is 5.26. The largest absolute Gasteiger partial charge is 0.495 e. The number of carbonyl (C=O) groups is 1. The number of methoxy groups -OCH3 is 1. The highest BCUT2D eigenvalue weighted by atomic mass is 35.5. The maximum absolute atomic E-state index is 12.3. The minimum Gasteiger partial charge on any atom is -0.495 e. The quantitative estimate of drug-likeness (QED) is 0.487. The van der Waals surface area contributed by atoms with Crippen LogP contribution in [0.2, 0.25) is 5.02 Å². The van der Waals surface area contributed by atoms with Crippen LogP contribution in [0.1, 0.15) is 11.3 Å². The van der Waals surface area contributed by atoms with E-state index in [1.165, 1.54) is 19.5 Å². The third-order valence-electron chi connectivity index (χ3n) is 4.90. The maximum atomic E-state index is 12.3. The second-order valence-corrected chi connectivity index (χ2v) is 7.48. The van der Waals surface area contributed by atoms with E-state index < -0.39 is 6.03 Å². The number of rotatable bonds is 9. The SMILES string of the molecule is COc1cc(CCNCCN2CCOCC2)c(Cl)cc1NC(=O)Nc1cnc(C#N)cn1. The Balaban J connectivity index is 1.50. The Labute approximate surface area is 191 Å². The Kier molecular flexibility index (Phi) is 9.01. The number of hydrogen-bond donors (Lipinski definition) is 3. The first-order valence-electron chi connectivity index (χ1n) is 10.3. The Morgan fingerprint density at radius 1 is 1.25 bits per heavy atom. The van der Waals surface area contributed by atoms with E-state index in [4.69, 9.17) is 26.3 Å². The molecule has 2 heterocycles. The van der Waals surface area contributed by atoms with Gasteiger partial charge in [-0.2, -0.15) is 5.26 Å². The van der Waals surface area contributed by atoms with Crippen molar-refractivity contribution in [1.82, 2.24) is 20.2 Å². The van der Waals surface area contributed by atoms with Crippen molar-refractivity contribution in [1.29, 1.82) is 5.26 Å². The molecular formula is C21H26ClN7O3. The first-order chi connectivity index (χ1) is 15.6. The lowest BCUT2D eigenvalue weighted by molar-refractivity contribution is 0.0385. The molecule has 3 rings (SSSR count). The van der Waals surface area contributed by atoms with Gasteiger partial charge in [0.2, 0.25) is 0 Å². The van der Waals surface area contributed by atoms with Gasteiger partial charge in [-0.15, -0.1) is 0 Å². The molecule has 32 heavy (non-hydrogen) atoms. The summed E-state index contributed by atoms with van der Waals surface area (Å²) in [7, 11) is 1.53. The fraction of sp³-hybridized carbons (Fsp3) is 0.429. The number of carbonyl (C=O) groups excluding carboxylic acids is 1. The van der Waals surface area contributed by atoms with Gasteiger partial charge >= 0.3 is 6.03 Å². The Bertz CT molecular complexity index is 944. The summed E-state index contributed by atoms with van der Waals surface area (Å²) in [6.07, 6.45) is 3.31. The van der Waals surface area contributed by atoms with Gasteiger partial charge in [0, 0.05) is 31.2 Å². The molecule has 10 nitrogen and oxygen atoms in total. The monoisotopic (exact) mass is 459 g/mol. The molecule has 1 aromatic carbocycles. The summed E-state index contributed by atoms with van der Waals surface area (Å²) in [5, 5.41) is 18.0. The smallest absolute Gasteiger partial charge is 0.325 e. The molecule has 0 bridgehead atoms. The van der Waals surface area contributed by atoms with Gasteiger partial charge in [0.25, 0.3) is 0 Å². The van der Waals surface area contributed by atoms with Crippen molar-refractivity contribution in [2.75, 3.05) is 63.7 Å². The lowest BCUT2D eigenvalue weighted by Crippen LogP contribution is -2.40. The van der Waals surface area contributed by atoms with E-state index >= 15 is 0 Å². The van der Waals surface area contributed by atoms with Crippen LogP contribution in [0.25, 0.3) is 0 Å². The molecule has 1 aliphatic rings. The van der Waals surface area contributed by atoms with E-state index in [1.807, 2.05) is 12.1 Å². The standard InChI is InChI=1S/C21H26ClN7O3/c1-31-19-10-15(2-3-24-4-5-29-6-8-32-9-7-29)17(22)11-18(19)27-21(30)28-20-14-25-16(12-23)13-26-20/h10-11,13-14,24H,2-9H2,1H3,(H2,26,27,28,30). The molecule has 0 radical (unpaired) electrons. The van der Waals surface area contributed by atoms with E-state index in [0.29, 0.717) is 16.5 Å². The van der Waals surface area contributed by atoms with Gasteiger partial charge in [-0.25, -0.2) is 14.8 Å². The summed E-state index contributed by atoms with van der Waals surface area (Å²) in [5.41, 5.74) is 1.52. The van der Waals surface area contributed by atoms with Gasteiger partial charge in [-0.1, -0.05) is 11.6 Å².